The van der Waals surface area contributed by atoms with Gasteiger partial charge in [0.05, 0.1) is 11.9 Å². The highest BCUT2D eigenvalue weighted by molar-refractivity contribution is 5.76. The second kappa shape index (κ2) is 7.02. The van der Waals surface area contributed by atoms with Crippen LogP contribution in [0.4, 0.5) is 0 Å². The lowest BCUT2D eigenvalue weighted by molar-refractivity contribution is -0.138. The lowest BCUT2D eigenvalue weighted by atomic mass is 9.97. The van der Waals surface area contributed by atoms with Crippen molar-refractivity contribution in [3.8, 4) is 0 Å². The number of nitrogens with zero attached hydrogens (tertiary/aromatic N) is 4. The van der Waals surface area contributed by atoms with Crippen molar-refractivity contribution in [3.05, 3.63) is 11.9 Å². The largest absolute Gasteiger partial charge is 0.336 e. The molecular formula is C15H27N5O. The van der Waals surface area contributed by atoms with Crippen molar-refractivity contribution in [2.45, 2.75) is 78.2 Å². The van der Waals surface area contributed by atoms with Gasteiger partial charge >= 0.3 is 0 Å². The van der Waals surface area contributed by atoms with Crippen LogP contribution in [0.3, 0.4) is 0 Å². The lowest BCUT2D eigenvalue weighted by Gasteiger charge is -2.39. The Morgan fingerprint density at radius 2 is 2.05 bits per heavy atom. The fourth-order valence-corrected chi connectivity index (χ4v) is 2.94. The number of hydrogen-bond donors (Lipinski definition) is 1. The molecule has 1 aliphatic heterocycles. The van der Waals surface area contributed by atoms with Crippen molar-refractivity contribution in [1.82, 2.24) is 25.2 Å². The molecule has 1 fully saturated rings. The Balaban J connectivity index is 1.93. The van der Waals surface area contributed by atoms with Crippen LogP contribution in [-0.2, 0) is 17.9 Å². The van der Waals surface area contributed by atoms with Gasteiger partial charge < -0.3 is 10.2 Å². The molecule has 6 nitrogen and oxygen atoms in total. The van der Waals surface area contributed by atoms with Gasteiger partial charge in [-0.1, -0.05) is 19.1 Å². The van der Waals surface area contributed by atoms with Crippen LogP contribution in [0.15, 0.2) is 6.20 Å². The molecule has 2 rings (SSSR count). The predicted octanol–water partition coefficient (Wildman–Crippen LogP) is 1.57. The minimum Gasteiger partial charge on any atom is -0.336 e. The zero-order chi connectivity index (χ0) is 15.4. The van der Waals surface area contributed by atoms with Gasteiger partial charge in [-0.05, 0) is 33.1 Å². The Kier molecular flexibility index (Phi) is 5.33. The second-order valence-corrected chi connectivity index (χ2v) is 6.37. The fraction of sp³-hybridized carbons (Fsp3) is 0.800. The fourth-order valence-electron chi connectivity index (χ4n) is 2.94. The molecule has 0 spiro atoms. The maximum absolute atomic E-state index is 12.5. The summed E-state index contributed by atoms with van der Waals surface area (Å²) in [6.45, 7) is 9.41. The summed E-state index contributed by atoms with van der Waals surface area (Å²) in [7, 11) is 0. The number of aromatic nitrogens is 3. The Morgan fingerprint density at radius 1 is 1.38 bits per heavy atom. The standard InChI is InChI=1S/C15H27N5O/c1-11(2)16-8-14-9-19(18-17-14)10-15(21)20-12(3)6-5-7-13(20)4/h9,11-13,16H,5-8,10H2,1-4H3. The Morgan fingerprint density at radius 3 is 2.67 bits per heavy atom. The molecule has 1 aromatic rings. The van der Waals surface area contributed by atoms with Gasteiger partial charge in [-0.3, -0.25) is 4.79 Å². The number of carbonyl (C=O) groups excluding carboxylic acids is 1. The molecule has 2 atom stereocenters. The van der Waals surface area contributed by atoms with Gasteiger partial charge in [0.15, 0.2) is 0 Å². The molecule has 0 aliphatic carbocycles. The van der Waals surface area contributed by atoms with Crippen LogP contribution < -0.4 is 5.32 Å². The molecule has 2 unspecified atom stereocenters. The van der Waals surface area contributed by atoms with Crippen LogP contribution in [-0.4, -0.2) is 43.9 Å². The Bertz CT molecular complexity index is 460. The summed E-state index contributed by atoms with van der Waals surface area (Å²) < 4.78 is 1.65. The molecule has 6 heteroatoms. The summed E-state index contributed by atoms with van der Waals surface area (Å²) in [5, 5.41) is 11.5. The monoisotopic (exact) mass is 293 g/mol. The summed E-state index contributed by atoms with van der Waals surface area (Å²) in [4.78, 5) is 14.5. The van der Waals surface area contributed by atoms with Crippen LogP contribution in [0, 0.1) is 0 Å². The second-order valence-electron chi connectivity index (χ2n) is 6.37. The first-order valence-corrected chi connectivity index (χ1v) is 7.91. The van der Waals surface area contributed by atoms with Crippen molar-refractivity contribution in [3.63, 3.8) is 0 Å². The molecular weight excluding hydrogens is 266 g/mol. The number of nitrogens with one attached hydrogen (secondary N) is 1. The first-order valence-electron chi connectivity index (χ1n) is 7.91. The van der Waals surface area contributed by atoms with Crippen LogP contribution in [0.2, 0.25) is 0 Å². The van der Waals surface area contributed by atoms with E-state index >= 15 is 0 Å². The molecule has 1 N–H and O–H groups in total. The maximum Gasteiger partial charge on any atom is 0.244 e. The first-order chi connectivity index (χ1) is 9.97. The SMILES string of the molecule is CC(C)NCc1cn(CC(=O)N2C(C)CCCC2C)nn1. The van der Waals surface area contributed by atoms with Gasteiger partial charge in [-0.15, -0.1) is 5.10 Å². The highest BCUT2D eigenvalue weighted by atomic mass is 16.2. The molecule has 0 radical (unpaired) electrons. The van der Waals surface area contributed by atoms with Crippen LogP contribution in [0.25, 0.3) is 0 Å². The minimum atomic E-state index is 0.142. The molecule has 118 valence electrons. The molecule has 1 aromatic heterocycles. The molecule has 1 saturated heterocycles. The molecule has 21 heavy (non-hydrogen) atoms. The Hall–Kier alpha value is -1.43. The maximum atomic E-state index is 12.5. The highest BCUT2D eigenvalue weighted by Gasteiger charge is 2.28. The van der Waals surface area contributed by atoms with Crippen molar-refractivity contribution < 1.29 is 4.79 Å². The van der Waals surface area contributed by atoms with E-state index in [1.807, 2.05) is 11.1 Å². The van der Waals surface area contributed by atoms with Gasteiger partial charge in [0.2, 0.25) is 5.91 Å². The lowest BCUT2D eigenvalue weighted by Crippen LogP contribution is -2.48. The van der Waals surface area contributed by atoms with Crippen molar-refractivity contribution in [2.24, 2.45) is 0 Å². The summed E-state index contributed by atoms with van der Waals surface area (Å²) in [5.41, 5.74) is 0.872. The number of amides is 1. The number of rotatable bonds is 5. The first kappa shape index (κ1) is 15.9. The third kappa shape index (κ3) is 4.27. The average Bonchev–Trinajstić information content (AvgIpc) is 2.83. The van der Waals surface area contributed by atoms with Gasteiger partial charge in [0.1, 0.15) is 6.54 Å². The van der Waals surface area contributed by atoms with E-state index in [0.29, 0.717) is 24.7 Å². The number of piperidine rings is 1. The van der Waals surface area contributed by atoms with Crippen LogP contribution >= 0.6 is 0 Å². The van der Waals surface area contributed by atoms with E-state index in [2.05, 4.69) is 43.3 Å². The van der Waals surface area contributed by atoms with E-state index in [1.165, 1.54) is 6.42 Å². The predicted molar refractivity (Wildman–Crippen MR) is 81.6 cm³/mol. The summed E-state index contributed by atoms with van der Waals surface area (Å²) >= 11 is 0. The van der Waals surface area contributed by atoms with E-state index in [9.17, 15) is 4.79 Å². The van der Waals surface area contributed by atoms with E-state index in [4.69, 9.17) is 0 Å². The average molecular weight is 293 g/mol. The minimum absolute atomic E-state index is 0.142. The van der Waals surface area contributed by atoms with E-state index in [0.717, 1.165) is 18.5 Å². The smallest absolute Gasteiger partial charge is 0.244 e. The van der Waals surface area contributed by atoms with Crippen molar-refractivity contribution in [1.29, 1.82) is 0 Å². The van der Waals surface area contributed by atoms with Gasteiger partial charge in [-0.25, -0.2) is 4.68 Å². The molecule has 0 saturated carbocycles. The number of hydrogen-bond acceptors (Lipinski definition) is 4. The van der Waals surface area contributed by atoms with Crippen molar-refractivity contribution in [2.75, 3.05) is 0 Å². The van der Waals surface area contributed by atoms with Gasteiger partial charge in [0.25, 0.3) is 0 Å². The molecule has 1 aliphatic rings. The van der Waals surface area contributed by atoms with Crippen LogP contribution in [0.1, 0.15) is 52.7 Å². The normalized spacial score (nSPS) is 22.8. The van der Waals surface area contributed by atoms with Gasteiger partial charge in [0, 0.05) is 24.7 Å². The van der Waals surface area contributed by atoms with E-state index < -0.39 is 0 Å². The molecule has 0 aromatic carbocycles. The summed E-state index contributed by atoms with van der Waals surface area (Å²) in [6.07, 6.45) is 5.25. The third-order valence-corrected chi connectivity index (χ3v) is 4.06. The zero-order valence-corrected chi connectivity index (χ0v) is 13.5. The number of carbonyl (C=O) groups is 1. The Labute approximate surface area is 126 Å². The topological polar surface area (TPSA) is 63.1 Å². The summed E-state index contributed by atoms with van der Waals surface area (Å²) in [6, 6.07) is 1.06. The molecule has 2 heterocycles. The molecule has 1 amide bonds. The number of likely N-dealkylation sites (tertiary alicyclic amines) is 1. The highest BCUT2D eigenvalue weighted by Crippen LogP contribution is 2.22. The van der Waals surface area contributed by atoms with Crippen LogP contribution in [0.5, 0.6) is 0 Å². The van der Waals surface area contributed by atoms with E-state index in [1.54, 1.807) is 4.68 Å². The quantitative estimate of drug-likeness (QED) is 0.895. The molecule has 0 bridgehead atoms. The summed E-state index contributed by atoms with van der Waals surface area (Å²) in [5.74, 6) is 0.142. The third-order valence-electron chi connectivity index (χ3n) is 4.06. The van der Waals surface area contributed by atoms with Crippen molar-refractivity contribution >= 4 is 5.91 Å². The zero-order valence-electron chi connectivity index (χ0n) is 13.5. The van der Waals surface area contributed by atoms with E-state index in [-0.39, 0.29) is 12.5 Å². The van der Waals surface area contributed by atoms with Gasteiger partial charge in [-0.2, -0.15) is 0 Å².